The van der Waals surface area contributed by atoms with Crippen LogP contribution in [0.3, 0.4) is 0 Å². The summed E-state index contributed by atoms with van der Waals surface area (Å²) in [4.78, 5) is 31.4. The van der Waals surface area contributed by atoms with E-state index in [4.69, 9.17) is 4.74 Å². The van der Waals surface area contributed by atoms with E-state index in [1.54, 1.807) is 36.7 Å². The summed E-state index contributed by atoms with van der Waals surface area (Å²) in [5.41, 5.74) is 4.89. The molecule has 1 amide bonds. The fourth-order valence-electron chi connectivity index (χ4n) is 5.14. The molecule has 7 nitrogen and oxygen atoms in total. The van der Waals surface area contributed by atoms with Gasteiger partial charge < -0.3 is 20.5 Å². The highest BCUT2D eigenvalue weighted by atomic mass is 16.5. The van der Waals surface area contributed by atoms with Crippen molar-refractivity contribution in [3.8, 4) is 11.5 Å². The number of allylic oxidation sites excluding steroid dienone is 3. The summed E-state index contributed by atoms with van der Waals surface area (Å²) in [5, 5.41) is 16.5. The fourth-order valence-corrected chi connectivity index (χ4v) is 5.14. The van der Waals surface area contributed by atoms with E-state index < -0.39 is 5.92 Å². The van der Waals surface area contributed by atoms with E-state index in [1.807, 2.05) is 37.3 Å². The van der Waals surface area contributed by atoms with Gasteiger partial charge in [-0.2, -0.15) is 0 Å². The van der Waals surface area contributed by atoms with Crippen molar-refractivity contribution in [3.05, 3.63) is 107 Å². The van der Waals surface area contributed by atoms with Crippen LogP contribution in [0.15, 0.2) is 95.6 Å². The van der Waals surface area contributed by atoms with Crippen LogP contribution >= 0.6 is 0 Å². The highest BCUT2D eigenvalue weighted by Crippen LogP contribution is 2.46. The normalized spacial score (nSPS) is 19.4. The van der Waals surface area contributed by atoms with Crippen molar-refractivity contribution in [1.82, 2.24) is 10.3 Å². The minimum absolute atomic E-state index is 0.00572. The number of rotatable bonds is 5. The third-order valence-electron chi connectivity index (χ3n) is 6.80. The van der Waals surface area contributed by atoms with Gasteiger partial charge in [0, 0.05) is 41.1 Å². The second-order valence-electron chi connectivity index (χ2n) is 9.06. The lowest BCUT2D eigenvalue weighted by Gasteiger charge is -2.37. The molecule has 1 aliphatic heterocycles. The van der Waals surface area contributed by atoms with Crippen molar-refractivity contribution in [2.45, 2.75) is 31.6 Å². The smallest absolute Gasteiger partial charge is 0.254 e. The third kappa shape index (κ3) is 4.35. The molecule has 182 valence electrons. The van der Waals surface area contributed by atoms with Crippen molar-refractivity contribution in [2.75, 3.05) is 12.4 Å². The van der Waals surface area contributed by atoms with Crippen molar-refractivity contribution in [2.24, 2.45) is 0 Å². The molecule has 0 radical (unpaired) electrons. The Labute approximate surface area is 209 Å². The number of aromatic nitrogens is 1. The van der Waals surface area contributed by atoms with E-state index in [1.165, 1.54) is 13.2 Å². The molecule has 7 heteroatoms. The van der Waals surface area contributed by atoms with Gasteiger partial charge in [0.15, 0.2) is 17.3 Å². The Morgan fingerprint density at radius 2 is 1.89 bits per heavy atom. The number of phenols is 1. The van der Waals surface area contributed by atoms with E-state index in [0.717, 1.165) is 11.3 Å². The lowest BCUT2D eigenvalue weighted by Crippen LogP contribution is -2.37. The minimum atomic E-state index is -0.614. The van der Waals surface area contributed by atoms with E-state index in [9.17, 15) is 14.7 Å². The summed E-state index contributed by atoms with van der Waals surface area (Å²) in [7, 11) is 1.47. The highest BCUT2D eigenvalue weighted by molar-refractivity contribution is 6.10. The number of dihydropyridines is 1. The Balaban J connectivity index is 1.60. The topological polar surface area (TPSA) is 101 Å². The number of hydrogen-bond acceptors (Lipinski definition) is 6. The molecule has 2 unspecified atom stereocenters. The molecule has 0 bridgehead atoms. The number of ether oxygens (including phenoxy) is 1. The van der Waals surface area contributed by atoms with Crippen LogP contribution in [-0.2, 0) is 9.59 Å². The van der Waals surface area contributed by atoms with Crippen LogP contribution in [-0.4, -0.2) is 28.9 Å². The summed E-state index contributed by atoms with van der Waals surface area (Å²) in [5.74, 6) is -0.618. The third-order valence-corrected chi connectivity index (χ3v) is 6.80. The number of carbonyl (C=O) groups excluding carboxylic acids is 2. The lowest BCUT2D eigenvalue weighted by molar-refractivity contribution is -0.116. The maximum atomic E-state index is 13.7. The first-order valence-electron chi connectivity index (χ1n) is 11.8. The molecule has 0 saturated carbocycles. The molecule has 2 heterocycles. The van der Waals surface area contributed by atoms with Crippen molar-refractivity contribution < 1.29 is 19.4 Å². The minimum Gasteiger partial charge on any atom is -0.504 e. The SMILES string of the molecule is COc1cc(C2C(C(=O)Nc3cccnc3)=C(C)NC3=C2C(=O)CC(c2ccccc2)C3)ccc1O. The average Bonchev–Trinajstić information content (AvgIpc) is 2.89. The Morgan fingerprint density at radius 3 is 2.61 bits per heavy atom. The number of nitrogens with one attached hydrogen (secondary N) is 2. The second kappa shape index (κ2) is 9.70. The zero-order valence-electron chi connectivity index (χ0n) is 20.1. The van der Waals surface area contributed by atoms with Crippen LogP contribution in [0.2, 0.25) is 0 Å². The summed E-state index contributed by atoms with van der Waals surface area (Å²) < 4.78 is 5.34. The zero-order valence-corrected chi connectivity index (χ0v) is 20.1. The monoisotopic (exact) mass is 481 g/mol. The Kier molecular flexibility index (Phi) is 6.29. The Hall–Kier alpha value is -4.39. The van der Waals surface area contributed by atoms with Gasteiger partial charge >= 0.3 is 0 Å². The highest BCUT2D eigenvalue weighted by Gasteiger charge is 2.41. The van der Waals surface area contributed by atoms with Crippen molar-refractivity contribution in [3.63, 3.8) is 0 Å². The number of carbonyl (C=O) groups is 2. The van der Waals surface area contributed by atoms with Crippen molar-refractivity contribution >= 4 is 17.4 Å². The average molecular weight is 482 g/mol. The van der Waals surface area contributed by atoms with E-state index in [0.29, 0.717) is 40.9 Å². The number of methoxy groups -OCH3 is 1. The number of ketones is 1. The summed E-state index contributed by atoms with van der Waals surface area (Å²) in [6.07, 6.45) is 4.22. The first-order chi connectivity index (χ1) is 17.5. The standard InChI is InChI=1S/C29H27N3O4/c1-17-26(29(35)32-21-9-6-12-30-16-21)27(19-10-11-23(33)25(15-19)36-2)28-22(31-17)13-20(14-24(28)34)18-7-4-3-5-8-18/h3-12,15-16,20,27,31,33H,13-14H2,1-2H3,(H,32,35). The molecule has 1 aliphatic carbocycles. The van der Waals surface area contributed by atoms with Crippen LogP contribution in [0.25, 0.3) is 0 Å². The van der Waals surface area contributed by atoms with Gasteiger partial charge in [0.2, 0.25) is 0 Å². The fraction of sp³-hybridized carbons (Fsp3) is 0.207. The molecule has 2 aromatic carbocycles. The van der Waals surface area contributed by atoms with Gasteiger partial charge in [-0.1, -0.05) is 36.4 Å². The quantitative estimate of drug-likeness (QED) is 0.484. The zero-order chi connectivity index (χ0) is 25.2. The molecule has 0 spiro atoms. The van der Waals surface area contributed by atoms with Crippen LogP contribution in [0.5, 0.6) is 11.5 Å². The number of anilines is 1. The van der Waals surface area contributed by atoms with Gasteiger partial charge in [0.1, 0.15) is 0 Å². The molecule has 0 saturated heterocycles. The Bertz CT molecular complexity index is 1380. The van der Waals surface area contributed by atoms with Gasteiger partial charge in [0.05, 0.1) is 19.0 Å². The van der Waals surface area contributed by atoms with Crippen LogP contribution in [0.4, 0.5) is 5.69 Å². The first kappa shape index (κ1) is 23.4. The Morgan fingerprint density at radius 1 is 1.08 bits per heavy atom. The molecule has 3 N–H and O–H groups in total. The molecule has 2 atom stereocenters. The number of Topliss-reactive ketones (excluding diaryl/α,β-unsaturated/α-hetero) is 1. The van der Waals surface area contributed by atoms with E-state index >= 15 is 0 Å². The molecule has 3 aromatic rings. The van der Waals surface area contributed by atoms with Crippen LogP contribution in [0, 0.1) is 0 Å². The summed E-state index contributed by atoms with van der Waals surface area (Å²) in [6, 6.07) is 18.5. The summed E-state index contributed by atoms with van der Waals surface area (Å²) >= 11 is 0. The van der Waals surface area contributed by atoms with Crippen LogP contribution < -0.4 is 15.4 Å². The summed E-state index contributed by atoms with van der Waals surface area (Å²) in [6.45, 7) is 1.85. The number of pyridine rings is 1. The molecular weight excluding hydrogens is 454 g/mol. The van der Waals surface area contributed by atoms with E-state index in [2.05, 4.69) is 15.6 Å². The number of hydrogen-bond donors (Lipinski definition) is 3. The number of benzene rings is 2. The number of phenolic OH excluding ortho intramolecular Hbond substituents is 1. The molecule has 36 heavy (non-hydrogen) atoms. The molecule has 5 rings (SSSR count). The molecule has 0 fully saturated rings. The van der Waals surface area contributed by atoms with Crippen molar-refractivity contribution in [1.29, 1.82) is 0 Å². The van der Waals surface area contributed by atoms with Crippen LogP contribution in [0.1, 0.15) is 42.7 Å². The lowest BCUT2D eigenvalue weighted by atomic mass is 9.71. The predicted octanol–water partition coefficient (Wildman–Crippen LogP) is 4.80. The molecule has 1 aromatic heterocycles. The second-order valence-corrected chi connectivity index (χ2v) is 9.06. The molecular formula is C29H27N3O4. The largest absolute Gasteiger partial charge is 0.504 e. The van der Waals surface area contributed by atoms with Gasteiger partial charge in [0.25, 0.3) is 5.91 Å². The number of nitrogens with zero attached hydrogens (tertiary/aromatic N) is 1. The predicted molar refractivity (Wildman–Crippen MR) is 137 cm³/mol. The van der Waals surface area contributed by atoms with Gasteiger partial charge in [-0.25, -0.2) is 0 Å². The number of aromatic hydroxyl groups is 1. The molecule has 2 aliphatic rings. The maximum absolute atomic E-state index is 13.7. The first-order valence-corrected chi connectivity index (χ1v) is 11.8. The van der Waals surface area contributed by atoms with Gasteiger partial charge in [-0.05, 0) is 54.7 Å². The van der Waals surface area contributed by atoms with E-state index in [-0.39, 0.29) is 29.1 Å². The van der Waals surface area contributed by atoms with Gasteiger partial charge in [-0.3, -0.25) is 14.6 Å². The van der Waals surface area contributed by atoms with Gasteiger partial charge in [-0.15, -0.1) is 0 Å². The maximum Gasteiger partial charge on any atom is 0.254 e. The number of amides is 1.